The lowest BCUT2D eigenvalue weighted by molar-refractivity contribution is 0.0610. The molecule has 1 aromatic carbocycles. The van der Waals surface area contributed by atoms with Gasteiger partial charge in [-0.1, -0.05) is 18.6 Å². The molecule has 0 N–H and O–H groups in total. The zero-order chi connectivity index (χ0) is 15.7. The van der Waals surface area contributed by atoms with E-state index in [1.54, 1.807) is 0 Å². The van der Waals surface area contributed by atoms with Crippen molar-refractivity contribution in [1.29, 1.82) is 0 Å². The average Bonchev–Trinajstić information content (AvgIpc) is 2.53. The number of aromatic nitrogens is 1. The number of carbonyl (C=O) groups is 1. The number of amides is 1. The minimum atomic E-state index is 0.174. The van der Waals surface area contributed by atoms with Crippen molar-refractivity contribution in [1.82, 2.24) is 9.88 Å². The quantitative estimate of drug-likeness (QED) is 0.829. The SMILES string of the molecule is CCC1CCCCN1C(=O)c1cc(C)nc2ccc(C)cc12. The summed E-state index contributed by atoms with van der Waals surface area (Å²) in [5.74, 6) is 0.174. The first-order valence-electron chi connectivity index (χ1n) is 8.29. The van der Waals surface area contributed by atoms with Crippen molar-refractivity contribution in [3.8, 4) is 0 Å². The molecule has 1 aliphatic rings. The van der Waals surface area contributed by atoms with Gasteiger partial charge in [-0.2, -0.15) is 0 Å². The highest BCUT2D eigenvalue weighted by Gasteiger charge is 2.27. The Morgan fingerprint density at radius 2 is 2.09 bits per heavy atom. The highest BCUT2D eigenvalue weighted by atomic mass is 16.2. The zero-order valence-electron chi connectivity index (χ0n) is 13.7. The molecule has 1 fully saturated rings. The molecule has 3 heteroatoms. The van der Waals surface area contributed by atoms with E-state index in [0.29, 0.717) is 6.04 Å². The van der Waals surface area contributed by atoms with Crippen LogP contribution < -0.4 is 0 Å². The van der Waals surface area contributed by atoms with Gasteiger partial charge < -0.3 is 4.90 Å². The monoisotopic (exact) mass is 296 g/mol. The Balaban J connectivity index is 2.08. The van der Waals surface area contributed by atoms with E-state index in [4.69, 9.17) is 0 Å². The number of nitrogens with zero attached hydrogens (tertiary/aromatic N) is 2. The first kappa shape index (κ1) is 15.0. The van der Waals surface area contributed by atoms with Crippen LogP contribution in [0.4, 0.5) is 0 Å². The van der Waals surface area contributed by atoms with Crippen LogP contribution in [0, 0.1) is 13.8 Å². The van der Waals surface area contributed by atoms with Gasteiger partial charge in [-0.05, 0) is 57.7 Å². The highest BCUT2D eigenvalue weighted by molar-refractivity contribution is 6.06. The fourth-order valence-corrected chi connectivity index (χ4v) is 3.50. The van der Waals surface area contributed by atoms with Crippen LogP contribution in [0.5, 0.6) is 0 Å². The number of carbonyl (C=O) groups excluding carboxylic acids is 1. The van der Waals surface area contributed by atoms with Crippen LogP contribution >= 0.6 is 0 Å². The summed E-state index contributed by atoms with van der Waals surface area (Å²) in [6, 6.07) is 8.49. The Labute approximate surface area is 132 Å². The molecule has 0 spiro atoms. The number of rotatable bonds is 2. The first-order valence-corrected chi connectivity index (χ1v) is 8.29. The molecule has 2 aromatic rings. The summed E-state index contributed by atoms with van der Waals surface area (Å²) in [6.45, 7) is 7.08. The van der Waals surface area contributed by atoms with Crippen molar-refractivity contribution in [2.45, 2.75) is 52.5 Å². The minimum Gasteiger partial charge on any atom is -0.336 e. The number of piperidine rings is 1. The van der Waals surface area contributed by atoms with Gasteiger partial charge in [0, 0.05) is 23.7 Å². The molecule has 3 rings (SSSR count). The highest BCUT2D eigenvalue weighted by Crippen LogP contribution is 2.26. The van der Waals surface area contributed by atoms with Crippen LogP contribution in [0.2, 0.25) is 0 Å². The molecule has 1 unspecified atom stereocenters. The third kappa shape index (κ3) is 2.72. The van der Waals surface area contributed by atoms with Crippen LogP contribution in [-0.2, 0) is 0 Å². The molecular weight excluding hydrogens is 272 g/mol. The summed E-state index contributed by atoms with van der Waals surface area (Å²) in [5, 5.41) is 0.982. The normalized spacial score (nSPS) is 18.7. The maximum Gasteiger partial charge on any atom is 0.254 e. The number of hydrogen-bond acceptors (Lipinski definition) is 2. The number of pyridine rings is 1. The fourth-order valence-electron chi connectivity index (χ4n) is 3.50. The lowest BCUT2D eigenvalue weighted by atomic mass is 9.97. The summed E-state index contributed by atoms with van der Waals surface area (Å²) in [4.78, 5) is 19.8. The van der Waals surface area contributed by atoms with Crippen molar-refractivity contribution in [2.75, 3.05) is 6.54 Å². The molecule has 0 bridgehead atoms. The van der Waals surface area contributed by atoms with Crippen LogP contribution in [0.1, 0.15) is 54.2 Å². The van der Waals surface area contributed by atoms with Gasteiger partial charge in [0.05, 0.1) is 11.1 Å². The van der Waals surface area contributed by atoms with Gasteiger partial charge in [0.2, 0.25) is 0 Å². The van der Waals surface area contributed by atoms with Crippen LogP contribution in [0.15, 0.2) is 24.3 Å². The van der Waals surface area contributed by atoms with E-state index in [1.165, 1.54) is 6.42 Å². The van der Waals surface area contributed by atoms with E-state index in [0.717, 1.165) is 53.5 Å². The van der Waals surface area contributed by atoms with Crippen molar-refractivity contribution < 1.29 is 4.79 Å². The smallest absolute Gasteiger partial charge is 0.254 e. The predicted molar refractivity (Wildman–Crippen MR) is 90.2 cm³/mol. The molecular formula is C19H24N2O. The third-order valence-electron chi connectivity index (χ3n) is 4.68. The Morgan fingerprint density at radius 3 is 2.86 bits per heavy atom. The Hall–Kier alpha value is -1.90. The number of likely N-dealkylation sites (tertiary alicyclic amines) is 1. The molecule has 22 heavy (non-hydrogen) atoms. The number of benzene rings is 1. The molecule has 1 aliphatic heterocycles. The Kier molecular flexibility index (Phi) is 4.14. The maximum absolute atomic E-state index is 13.1. The van der Waals surface area contributed by atoms with Crippen molar-refractivity contribution in [2.24, 2.45) is 0 Å². The van der Waals surface area contributed by atoms with Crippen LogP contribution in [0.3, 0.4) is 0 Å². The number of aryl methyl sites for hydroxylation is 2. The molecule has 1 aromatic heterocycles. The molecule has 0 saturated carbocycles. The summed E-state index contributed by atoms with van der Waals surface area (Å²) < 4.78 is 0. The van der Waals surface area contributed by atoms with Crippen LogP contribution in [0.25, 0.3) is 10.9 Å². The molecule has 1 atom stereocenters. The van der Waals surface area contributed by atoms with Crippen molar-refractivity contribution >= 4 is 16.8 Å². The standard InChI is InChI=1S/C19H24N2O/c1-4-15-7-5-6-10-21(15)19(22)17-12-14(3)20-18-9-8-13(2)11-16(17)18/h8-9,11-12,15H,4-7,10H2,1-3H3. The average molecular weight is 296 g/mol. The summed E-state index contributed by atoms with van der Waals surface area (Å²) >= 11 is 0. The Morgan fingerprint density at radius 1 is 1.27 bits per heavy atom. The topological polar surface area (TPSA) is 33.2 Å². The first-order chi connectivity index (χ1) is 10.6. The van der Waals surface area contributed by atoms with Crippen molar-refractivity contribution in [3.63, 3.8) is 0 Å². The van der Waals surface area contributed by atoms with E-state index in [2.05, 4.69) is 35.9 Å². The summed E-state index contributed by atoms with van der Waals surface area (Å²) in [6.07, 6.45) is 4.51. The molecule has 116 valence electrons. The van der Waals surface area contributed by atoms with Crippen LogP contribution in [-0.4, -0.2) is 28.4 Å². The van der Waals surface area contributed by atoms with Crippen molar-refractivity contribution in [3.05, 3.63) is 41.1 Å². The van der Waals surface area contributed by atoms with E-state index in [9.17, 15) is 4.79 Å². The molecule has 0 radical (unpaired) electrons. The predicted octanol–water partition coefficient (Wildman–Crippen LogP) is 4.26. The fraction of sp³-hybridized carbons (Fsp3) is 0.474. The molecule has 3 nitrogen and oxygen atoms in total. The van der Waals surface area contributed by atoms with Gasteiger partial charge in [0.15, 0.2) is 0 Å². The second kappa shape index (κ2) is 6.07. The largest absolute Gasteiger partial charge is 0.336 e. The maximum atomic E-state index is 13.1. The third-order valence-corrected chi connectivity index (χ3v) is 4.68. The molecule has 0 aliphatic carbocycles. The molecule has 2 heterocycles. The van der Waals surface area contributed by atoms with E-state index in [-0.39, 0.29) is 5.91 Å². The van der Waals surface area contributed by atoms with Gasteiger partial charge >= 0.3 is 0 Å². The van der Waals surface area contributed by atoms with E-state index in [1.807, 2.05) is 19.1 Å². The second-order valence-corrected chi connectivity index (χ2v) is 6.39. The zero-order valence-corrected chi connectivity index (χ0v) is 13.7. The molecule has 1 saturated heterocycles. The second-order valence-electron chi connectivity index (χ2n) is 6.39. The lowest BCUT2D eigenvalue weighted by Crippen LogP contribution is -2.43. The Bertz CT molecular complexity index is 708. The summed E-state index contributed by atoms with van der Waals surface area (Å²) in [7, 11) is 0. The summed E-state index contributed by atoms with van der Waals surface area (Å²) in [5.41, 5.74) is 3.80. The van der Waals surface area contributed by atoms with Gasteiger partial charge in [0.25, 0.3) is 5.91 Å². The minimum absolute atomic E-state index is 0.174. The van der Waals surface area contributed by atoms with Gasteiger partial charge in [-0.3, -0.25) is 9.78 Å². The van der Waals surface area contributed by atoms with Gasteiger partial charge in [-0.15, -0.1) is 0 Å². The van der Waals surface area contributed by atoms with Gasteiger partial charge in [-0.25, -0.2) is 0 Å². The molecule has 1 amide bonds. The van der Waals surface area contributed by atoms with E-state index < -0.39 is 0 Å². The van der Waals surface area contributed by atoms with E-state index >= 15 is 0 Å². The number of hydrogen-bond donors (Lipinski definition) is 0. The number of fused-ring (bicyclic) bond motifs is 1. The lowest BCUT2D eigenvalue weighted by Gasteiger charge is -2.35. The van der Waals surface area contributed by atoms with Gasteiger partial charge in [0.1, 0.15) is 0 Å².